The van der Waals surface area contributed by atoms with Gasteiger partial charge in [-0.05, 0) is 36.8 Å². The number of Topliss-reactive ketones (excluding diaryl/α,β-unsaturated/α-hetero) is 1. The van der Waals surface area contributed by atoms with E-state index >= 15 is 0 Å². The first-order chi connectivity index (χ1) is 11.3. The first-order valence-corrected chi connectivity index (χ1v) is 8.73. The van der Waals surface area contributed by atoms with Gasteiger partial charge in [0.25, 0.3) is 5.91 Å². The quantitative estimate of drug-likeness (QED) is 0.779. The van der Waals surface area contributed by atoms with Crippen LogP contribution in [0.3, 0.4) is 0 Å². The van der Waals surface area contributed by atoms with E-state index in [1.807, 2.05) is 0 Å². The predicted octanol–water partition coefficient (Wildman–Crippen LogP) is 1.73. The molecular formula is C17H18N2O4S. The molecule has 0 unspecified atom stereocenters. The van der Waals surface area contributed by atoms with Crippen molar-refractivity contribution < 1.29 is 18.0 Å². The number of benzene rings is 2. The van der Waals surface area contributed by atoms with Crippen molar-refractivity contribution in [2.75, 3.05) is 7.05 Å². The van der Waals surface area contributed by atoms with E-state index in [-0.39, 0.29) is 23.1 Å². The van der Waals surface area contributed by atoms with Crippen LogP contribution in [-0.2, 0) is 16.6 Å². The molecule has 0 spiro atoms. The molecule has 0 saturated heterocycles. The number of nitrogens with one attached hydrogen (secondary N) is 2. The van der Waals surface area contributed by atoms with Crippen molar-refractivity contribution in [3.63, 3.8) is 0 Å². The van der Waals surface area contributed by atoms with E-state index in [0.717, 1.165) is 5.56 Å². The number of ketones is 1. The number of sulfonamides is 1. The summed E-state index contributed by atoms with van der Waals surface area (Å²) >= 11 is 0. The summed E-state index contributed by atoms with van der Waals surface area (Å²) < 4.78 is 27.0. The predicted molar refractivity (Wildman–Crippen MR) is 90.3 cm³/mol. The van der Waals surface area contributed by atoms with Crippen molar-refractivity contribution >= 4 is 21.7 Å². The second-order valence-corrected chi connectivity index (χ2v) is 6.95. The molecule has 2 rings (SSSR count). The lowest BCUT2D eigenvalue weighted by Crippen LogP contribution is -2.23. The van der Waals surface area contributed by atoms with Gasteiger partial charge in [0, 0.05) is 24.7 Å². The lowest BCUT2D eigenvalue weighted by atomic mass is 10.1. The van der Waals surface area contributed by atoms with E-state index in [4.69, 9.17) is 0 Å². The molecule has 0 saturated carbocycles. The van der Waals surface area contributed by atoms with Crippen LogP contribution in [0.5, 0.6) is 0 Å². The zero-order valence-corrected chi connectivity index (χ0v) is 14.2. The van der Waals surface area contributed by atoms with Crippen LogP contribution in [0.25, 0.3) is 0 Å². The Labute approximate surface area is 140 Å². The molecular weight excluding hydrogens is 328 g/mol. The van der Waals surface area contributed by atoms with E-state index in [0.29, 0.717) is 11.1 Å². The summed E-state index contributed by atoms with van der Waals surface area (Å²) in [5.74, 6) is -0.323. The van der Waals surface area contributed by atoms with Crippen LogP contribution in [0.1, 0.15) is 33.2 Å². The Balaban J connectivity index is 2.07. The number of hydrogen-bond acceptors (Lipinski definition) is 4. The fourth-order valence-electron chi connectivity index (χ4n) is 2.05. The highest BCUT2D eigenvalue weighted by atomic mass is 32.2. The molecule has 0 heterocycles. The summed E-state index contributed by atoms with van der Waals surface area (Å²) in [5.41, 5.74) is 1.69. The van der Waals surface area contributed by atoms with E-state index in [1.54, 1.807) is 31.3 Å². The Morgan fingerprint density at radius 1 is 0.917 bits per heavy atom. The molecule has 2 N–H and O–H groups in total. The molecule has 24 heavy (non-hydrogen) atoms. The molecule has 1 amide bonds. The van der Waals surface area contributed by atoms with Crippen molar-refractivity contribution in [3.05, 3.63) is 65.2 Å². The Morgan fingerprint density at radius 2 is 1.46 bits per heavy atom. The third kappa shape index (κ3) is 4.27. The maximum absolute atomic E-state index is 12.2. The maximum Gasteiger partial charge on any atom is 0.251 e. The maximum atomic E-state index is 12.2. The molecule has 7 heteroatoms. The van der Waals surface area contributed by atoms with Crippen molar-refractivity contribution in [2.45, 2.75) is 18.4 Å². The number of hydrogen-bond donors (Lipinski definition) is 2. The van der Waals surface area contributed by atoms with E-state index < -0.39 is 10.0 Å². The van der Waals surface area contributed by atoms with Crippen molar-refractivity contribution in [1.29, 1.82) is 0 Å². The van der Waals surface area contributed by atoms with Crippen LogP contribution >= 0.6 is 0 Å². The summed E-state index contributed by atoms with van der Waals surface area (Å²) in [6.45, 7) is 1.52. The summed E-state index contributed by atoms with van der Waals surface area (Å²) in [5, 5.41) is 2.52. The van der Waals surface area contributed by atoms with E-state index in [9.17, 15) is 18.0 Å². The molecule has 0 aliphatic rings. The fourth-order valence-corrected chi connectivity index (χ4v) is 3.07. The molecule has 126 valence electrons. The van der Waals surface area contributed by atoms with Gasteiger partial charge < -0.3 is 5.32 Å². The van der Waals surface area contributed by atoms with Gasteiger partial charge >= 0.3 is 0 Å². The minimum atomic E-state index is -3.67. The molecule has 0 bridgehead atoms. The molecule has 0 radical (unpaired) electrons. The van der Waals surface area contributed by atoms with E-state index in [2.05, 4.69) is 10.0 Å². The zero-order chi connectivity index (χ0) is 17.7. The molecule has 0 fully saturated rings. The summed E-state index contributed by atoms with van der Waals surface area (Å²) in [7, 11) is -2.13. The number of carbonyl (C=O) groups excluding carboxylic acids is 2. The molecule has 0 aliphatic carbocycles. The van der Waals surface area contributed by atoms with Gasteiger partial charge in [-0.1, -0.05) is 24.3 Å². The third-order valence-corrected chi connectivity index (χ3v) is 4.90. The van der Waals surface area contributed by atoms with Crippen LogP contribution in [-0.4, -0.2) is 27.2 Å². The molecule has 2 aromatic rings. The Bertz CT molecular complexity index is 841. The first-order valence-electron chi connectivity index (χ1n) is 7.25. The van der Waals surface area contributed by atoms with Crippen LogP contribution < -0.4 is 10.0 Å². The largest absolute Gasteiger partial charge is 0.355 e. The standard InChI is InChI=1S/C17H18N2O4S/c1-12(20)14-7-9-16(10-8-14)24(22,23)19-11-13-3-5-15(6-4-13)17(21)18-2/h3-10,19H,11H2,1-2H3,(H,18,21). The van der Waals surface area contributed by atoms with Crippen molar-refractivity contribution in [2.24, 2.45) is 0 Å². The minimum absolute atomic E-state index is 0.0921. The molecule has 0 atom stereocenters. The van der Waals surface area contributed by atoms with Crippen LogP contribution in [0.2, 0.25) is 0 Å². The summed E-state index contributed by atoms with van der Waals surface area (Å²) in [6.07, 6.45) is 0. The second kappa shape index (κ2) is 7.37. The smallest absolute Gasteiger partial charge is 0.251 e. The lowest BCUT2D eigenvalue weighted by Gasteiger charge is -2.08. The van der Waals surface area contributed by atoms with Crippen LogP contribution in [0.15, 0.2) is 53.4 Å². The molecule has 6 nitrogen and oxygen atoms in total. The van der Waals surface area contributed by atoms with Gasteiger partial charge in [0.05, 0.1) is 4.90 Å². The van der Waals surface area contributed by atoms with Gasteiger partial charge in [-0.2, -0.15) is 0 Å². The Morgan fingerprint density at radius 3 is 1.96 bits per heavy atom. The lowest BCUT2D eigenvalue weighted by molar-refractivity contribution is 0.0962. The molecule has 0 aromatic heterocycles. The average Bonchev–Trinajstić information content (AvgIpc) is 2.60. The van der Waals surface area contributed by atoms with Gasteiger partial charge in [-0.3, -0.25) is 9.59 Å². The summed E-state index contributed by atoms with van der Waals surface area (Å²) in [4.78, 5) is 22.8. The Hall–Kier alpha value is -2.51. The highest BCUT2D eigenvalue weighted by Crippen LogP contribution is 2.12. The van der Waals surface area contributed by atoms with Crippen LogP contribution in [0.4, 0.5) is 0 Å². The van der Waals surface area contributed by atoms with Gasteiger partial charge in [-0.25, -0.2) is 13.1 Å². The van der Waals surface area contributed by atoms with E-state index in [1.165, 1.54) is 31.2 Å². The number of carbonyl (C=O) groups is 2. The van der Waals surface area contributed by atoms with Gasteiger partial charge in [0.1, 0.15) is 0 Å². The van der Waals surface area contributed by atoms with Gasteiger partial charge in [0.15, 0.2) is 5.78 Å². The Kier molecular flexibility index (Phi) is 5.48. The highest BCUT2D eigenvalue weighted by Gasteiger charge is 2.14. The number of amides is 1. The second-order valence-electron chi connectivity index (χ2n) is 5.18. The minimum Gasteiger partial charge on any atom is -0.355 e. The van der Waals surface area contributed by atoms with Crippen LogP contribution in [0, 0.1) is 0 Å². The third-order valence-electron chi connectivity index (χ3n) is 3.48. The summed E-state index contributed by atoms with van der Waals surface area (Å²) in [6, 6.07) is 12.4. The van der Waals surface area contributed by atoms with Gasteiger partial charge in [0.2, 0.25) is 10.0 Å². The first kappa shape index (κ1) is 17.8. The normalized spacial score (nSPS) is 11.1. The molecule has 2 aromatic carbocycles. The van der Waals surface area contributed by atoms with Crippen molar-refractivity contribution in [1.82, 2.24) is 10.0 Å². The average molecular weight is 346 g/mol. The highest BCUT2D eigenvalue weighted by molar-refractivity contribution is 7.89. The molecule has 0 aliphatic heterocycles. The SMILES string of the molecule is CNC(=O)c1ccc(CNS(=O)(=O)c2ccc(C(C)=O)cc2)cc1. The fraction of sp³-hybridized carbons (Fsp3) is 0.176. The number of rotatable bonds is 6. The van der Waals surface area contributed by atoms with Gasteiger partial charge in [-0.15, -0.1) is 0 Å². The topological polar surface area (TPSA) is 92.3 Å². The zero-order valence-electron chi connectivity index (χ0n) is 13.4. The monoisotopic (exact) mass is 346 g/mol. The van der Waals surface area contributed by atoms with Crippen molar-refractivity contribution in [3.8, 4) is 0 Å².